The summed E-state index contributed by atoms with van der Waals surface area (Å²) in [6.45, 7) is 7.98. The minimum Gasteiger partial charge on any atom is -0.302 e. The number of fused-ring (bicyclic) bond motifs is 1. The number of thiazole rings is 1. The lowest BCUT2D eigenvalue weighted by Crippen LogP contribution is -2.46. The molecular weight excluding hydrogens is 512 g/mol. The third-order valence-electron chi connectivity index (χ3n) is 6.28. The van der Waals surface area contributed by atoms with E-state index in [2.05, 4.69) is 18.7 Å². The Kier molecular flexibility index (Phi) is 8.27. The number of hydrogen-bond acceptors (Lipinski definition) is 7. The first-order chi connectivity index (χ1) is 16.3. The molecule has 1 fully saturated rings. The van der Waals surface area contributed by atoms with E-state index in [9.17, 15) is 13.2 Å². The summed E-state index contributed by atoms with van der Waals surface area (Å²) in [5.74, 6) is -0.232. The monoisotopic (exact) mass is 540 g/mol. The molecule has 3 aromatic rings. The van der Waals surface area contributed by atoms with E-state index in [1.807, 2.05) is 12.1 Å². The molecule has 1 saturated heterocycles. The number of benzene rings is 1. The number of rotatable bonds is 9. The van der Waals surface area contributed by atoms with Gasteiger partial charge in [0.05, 0.1) is 9.72 Å². The van der Waals surface area contributed by atoms with Gasteiger partial charge in [0, 0.05) is 32.1 Å². The van der Waals surface area contributed by atoms with Crippen LogP contribution in [0, 0.1) is 5.92 Å². The van der Waals surface area contributed by atoms with Gasteiger partial charge < -0.3 is 4.90 Å². The number of anilines is 1. The van der Waals surface area contributed by atoms with Crippen molar-refractivity contribution in [2.75, 3.05) is 44.2 Å². The number of carbonyl (C=O) groups is 1. The number of aromatic nitrogens is 1. The molecule has 184 valence electrons. The van der Waals surface area contributed by atoms with Crippen molar-refractivity contribution < 1.29 is 13.2 Å². The van der Waals surface area contributed by atoms with Crippen molar-refractivity contribution in [3.05, 3.63) is 40.7 Å². The number of sulfonamides is 1. The van der Waals surface area contributed by atoms with E-state index in [1.165, 1.54) is 27.0 Å². The van der Waals surface area contributed by atoms with Gasteiger partial charge in [-0.15, -0.1) is 11.3 Å². The van der Waals surface area contributed by atoms with Gasteiger partial charge in [-0.05, 0) is 49.5 Å². The van der Waals surface area contributed by atoms with Gasteiger partial charge >= 0.3 is 0 Å². The zero-order valence-electron chi connectivity index (χ0n) is 19.3. The van der Waals surface area contributed by atoms with Gasteiger partial charge in [-0.3, -0.25) is 9.69 Å². The highest BCUT2D eigenvalue weighted by Gasteiger charge is 2.35. The first-order valence-corrected chi connectivity index (χ1v) is 15.0. The van der Waals surface area contributed by atoms with E-state index in [1.54, 1.807) is 28.5 Å². The lowest BCUT2D eigenvalue weighted by Gasteiger charge is -2.33. The van der Waals surface area contributed by atoms with E-state index >= 15 is 0 Å². The molecule has 0 spiro atoms. The molecule has 7 nitrogen and oxygen atoms in total. The van der Waals surface area contributed by atoms with Gasteiger partial charge in [-0.2, -0.15) is 4.31 Å². The summed E-state index contributed by atoms with van der Waals surface area (Å²) in [6, 6.07) is 9.03. The van der Waals surface area contributed by atoms with Crippen LogP contribution in [-0.2, 0) is 14.8 Å². The highest BCUT2D eigenvalue weighted by atomic mass is 35.5. The summed E-state index contributed by atoms with van der Waals surface area (Å²) in [5, 5.41) is 2.98. The molecule has 1 aliphatic heterocycles. The largest absolute Gasteiger partial charge is 0.302 e. The van der Waals surface area contributed by atoms with Crippen LogP contribution >= 0.6 is 34.3 Å². The van der Waals surface area contributed by atoms with E-state index < -0.39 is 10.0 Å². The highest BCUT2D eigenvalue weighted by molar-refractivity contribution is 7.91. The van der Waals surface area contributed by atoms with Crippen molar-refractivity contribution in [1.29, 1.82) is 0 Å². The SMILES string of the molecule is CCN(CC)CCN(C(=O)C1CCN(S(=O)(=O)c2cccs2)CC1)c1nc2c(Cl)cccc2s1. The number of para-hydroxylation sites is 1. The molecule has 4 rings (SSSR count). The number of carbonyl (C=O) groups excluding carboxylic acids is 1. The van der Waals surface area contributed by atoms with Gasteiger partial charge in [0.2, 0.25) is 5.91 Å². The van der Waals surface area contributed by atoms with E-state index in [0.29, 0.717) is 52.4 Å². The van der Waals surface area contributed by atoms with Crippen LogP contribution in [0.3, 0.4) is 0 Å². The van der Waals surface area contributed by atoms with Crippen LogP contribution in [0.15, 0.2) is 39.9 Å². The standard InChI is InChI=1S/C23H29ClN4O3S3/c1-3-26(4-2)14-15-28(23-25-21-18(24)7-5-8-19(21)33-23)22(29)17-10-12-27(13-11-17)34(30,31)20-9-6-16-32-20/h5-9,16-17H,3-4,10-15H2,1-2H3. The Hall–Kier alpha value is -1.56. The number of amides is 1. The predicted molar refractivity (Wildman–Crippen MR) is 141 cm³/mol. The molecule has 0 radical (unpaired) electrons. The maximum atomic E-state index is 13.7. The minimum atomic E-state index is -3.50. The quantitative estimate of drug-likeness (QED) is 0.390. The number of hydrogen-bond donors (Lipinski definition) is 0. The van der Waals surface area contributed by atoms with Gasteiger partial charge in [-0.25, -0.2) is 13.4 Å². The Balaban J connectivity index is 1.53. The summed E-state index contributed by atoms with van der Waals surface area (Å²) in [4.78, 5) is 22.5. The van der Waals surface area contributed by atoms with Crippen molar-refractivity contribution in [3.63, 3.8) is 0 Å². The molecule has 34 heavy (non-hydrogen) atoms. The molecule has 11 heteroatoms. The molecule has 1 amide bonds. The summed E-state index contributed by atoms with van der Waals surface area (Å²) < 4.78 is 28.5. The number of halogens is 1. The predicted octanol–water partition coefficient (Wildman–Crippen LogP) is 4.79. The average molecular weight is 541 g/mol. The molecule has 3 heterocycles. The first kappa shape index (κ1) is 25.5. The number of nitrogens with zero attached hydrogens (tertiary/aromatic N) is 4. The topological polar surface area (TPSA) is 73.8 Å². The van der Waals surface area contributed by atoms with E-state index in [4.69, 9.17) is 16.6 Å². The van der Waals surface area contributed by atoms with Crippen molar-refractivity contribution in [1.82, 2.24) is 14.2 Å². The summed E-state index contributed by atoms with van der Waals surface area (Å²) >= 11 is 9.04. The fourth-order valence-corrected chi connectivity index (χ4v) is 8.11. The zero-order valence-corrected chi connectivity index (χ0v) is 22.5. The van der Waals surface area contributed by atoms with E-state index in [-0.39, 0.29) is 11.8 Å². The third-order valence-corrected chi connectivity index (χ3v) is 10.9. The Bertz CT molecular complexity index is 1220. The van der Waals surface area contributed by atoms with Crippen LogP contribution in [0.4, 0.5) is 5.13 Å². The van der Waals surface area contributed by atoms with E-state index in [0.717, 1.165) is 24.3 Å². The Morgan fingerprint density at radius 2 is 1.88 bits per heavy atom. The van der Waals surface area contributed by atoms with Crippen molar-refractivity contribution in [2.45, 2.75) is 30.9 Å². The van der Waals surface area contributed by atoms with Crippen LogP contribution < -0.4 is 4.90 Å². The lowest BCUT2D eigenvalue weighted by atomic mass is 9.96. The summed E-state index contributed by atoms with van der Waals surface area (Å²) in [6.07, 6.45) is 0.994. The van der Waals surface area contributed by atoms with Gasteiger partial charge in [-0.1, -0.05) is 48.9 Å². The van der Waals surface area contributed by atoms with Crippen LogP contribution in [0.1, 0.15) is 26.7 Å². The lowest BCUT2D eigenvalue weighted by molar-refractivity contribution is -0.123. The fraction of sp³-hybridized carbons (Fsp3) is 0.478. The van der Waals surface area contributed by atoms with Gasteiger partial charge in [0.1, 0.15) is 9.73 Å². The second kappa shape index (κ2) is 11.0. The van der Waals surface area contributed by atoms with Crippen LogP contribution in [-0.4, -0.2) is 67.8 Å². The number of piperidine rings is 1. The minimum absolute atomic E-state index is 0.00973. The maximum Gasteiger partial charge on any atom is 0.252 e. The molecule has 1 aromatic carbocycles. The Morgan fingerprint density at radius 3 is 2.50 bits per heavy atom. The first-order valence-electron chi connectivity index (χ1n) is 11.5. The summed E-state index contributed by atoms with van der Waals surface area (Å²) in [7, 11) is -3.50. The smallest absolute Gasteiger partial charge is 0.252 e. The third kappa shape index (κ3) is 5.32. The van der Waals surface area contributed by atoms with Crippen molar-refractivity contribution >= 4 is 65.6 Å². The molecule has 0 N–H and O–H groups in total. The number of thiophene rings is 1. The second-order valence-electron chi connectivity index (χ2n) is 8.21. The average Bonchev–Trinajstić information content (AvgIpc) is 3.53. The second-order valence-corrected chi connectivity index (χ2v) is 12.7. The molecule has 0 bridgehead atoms. The van der Waals surface area contributed by atoms with Crippen LogP contribution in [0.5, 0.6) is 0 Å². The summed E-state index contributed by atoms with van der Waals surface area (Å²) in [5.41, 5.74) is 0.710. The van der Waals surface area contributed by atoms with Crippen molar-refractivity contribution in [3.8, 4) is 0 Å². The van der Waals surface area contributed by atoms with Gasteiger partial charge in [0.25, 0.3) is 10.0 Å². The normalized spacial score (nSPS) is 15.9. The molecule has 2 aromatic heterocycles. The molecule has 0 unspecified atom stereocenters. The molecule has 1 aliphatic rings. The van der Waals surface area contributed by atoms with Crippen LogP contribution in [0.25, 0.3) is 10.2 Å². The molecule has 0 atom stereocenters. The zero-order chi connectivity index (χ0) is 24.3. The Morgan fingerprint density at radius 1 is 1.15 bits per heavy atom. The van der Waals surface area contributed by atoms with Crippen molar-refractivity contribution in [2.24, 2.45) is 5.92 Å². The number of likely N-dealkylation sites (N-methyl/N-ethyl adjacent to an activating group) is 1. The Labute approximate surface area is 214 Å². The fourth-order valence-electron chi connectivity index (χ4n) is 4.20. The molecule has 0 aliphatic carbocycles. The van der Waals surface area contributed by atoms with Crippen LogP contribution in [0.2, 0.25) is 5.02 Å². The van der Waals surface area contributed by atoms with Gasteiger partial charge in [0.15, 0.2) is 5.13 Å². The highest BCUT2D eigenvalue weighted by Crippen LogP contribution is 2.35. The maximum absolute atomic E-state index is 13.7. The molecule has 0 saturated carbocycles. The molecular formula is C23H29ClN4O3S3.